The molecule has 1 fully saturated rings. The first-order valence-electron chi connectivity index (χ1n) is 9.58. The van der Waals surface area contributed by atoms with Crippen LogP contribution in [0, 0.1) is 17.2 Å². The molecule has 1 heterocycles. The van der Waals surface area contributed by atoms with Gasteiger partial charge in [-0.15, -0.1) is 0 Å². The van der Waals surface area contributed by atoms with Gasteiger partial charge in [-0.05, 0) is 48.7 Å². The minimum Gasteiger partial charge on any atom is -0.497 e. The summed E-state index contributed by atoms with van der Waals surface area (Å²) >= 11 is 0. The molecule has 0 aliphatic carbocycles. The quantitative estimate of drug-likeness (QED) is 0.795. The highest BCUT2D eigenvalue weighted by molar-refractivity contribution is 5.79. The Kier molecular flexibility index (Phi) is 6.50. The fraction of sp³-hybridized carbons (Fsp3) is 0.364. The predicted molar refractivity (Wildman–Crippen MR) is 106 cm³/mol. The molecule has 1 N–H and O–H groups in total. The van der Waals surface area contributed by atoms with Crippen molar-refractivity contribution in [2.24, 2.45) is 5.92 Å². The van der Waals surface area contributed by atoms with Crippen molar-refractivity contribution in [2.45, 2.75) is 25.6 Å². The molecule has 1 saturated heterocycles. The Bertz CT molecular complexity index is 928. The summed E-state index contributed by atoms with van der Waals surface area (Å²) in [5.41, 5.74) is 0.0539. The van der Waals surface area contributed by atoms with E-state index in [0.29, 0.717) is 38.2 Å². The van der Waals surface area contributed by atoms with E-state index in [-0.39, 0.29) is 17.4 Å². The van der Waals surface area contributed by atoms with Gasteiger partial charge in [0.15, 0.2) is 0 Å². The maximum atomic E-state index is 13.2. The molecule has 0 spiro atoms. The highest BCUT2D eigenvalue weighted by Gasteiger charge is 2.34. The molecule has 0 unspecified atom stereocenters. The van der Waals surface area contributed by atoms with Crippen LogP contribution in [0.5, 0.6) is 5.75 Å². The Morgan fingerprint density at radius 1 is 1.20 bits per heavy atom. The van der Waals surface area contributed by atoms with Gasteiger partial charge in [0.05, 0.1) is 24.3 Å². The van der Waals surface area contributed by atoms with Crippen LogP contribution >= 0.6 is 0 Å². The van der Waals surface area contributed by atoms with Crippen molar-refractivity contribution in [3.8, 4) is 11.8 Å². The second-order valence-corrected chi connectivity index (χ2v) is 7.17. The largest absolute Gasteiger partial charge is 0.497 e. The molecule has 0 aromatic heterocycles. The van der Waals surface area contributed by atoms with Crippen LogP contribution in [0.25, 0.3) is 0 Å². The lowest BCUT2D eigenvalue weighted by molar-refractivity contribution is -0.137. The topological polar surface area (TPSA) is 65.4 Å². The number of carbonyl (C=O) groups excluding carboxylic acids is 1. The smallest absolute Gasteiger partial charge is 0.417 e. The second-order valence-electron chi connectivity index (χ2n) is 7.17. The Morgan fingerprint density at radius 2 is 1.87 bits per heavy atom. The molecule has 0 bridgehead atoms. The molecular weight excluding hydrogens is 395 g/mol. The number of halogens is 3. The molecule has 5 nitrogen and oxygen atoms in total. The monoisotopic (exact) mass is 417 g/mol. The third kappa shape index (κ3) is 5.03. The van der Waals surface area contributed by atoms with E-state index in [9.17, 15) is 18.0 Å². The van der Waals surface area contributed by atoms with Gasteiger partial charge in [0.2, 0.25) is 5.91 Å². The van der Waals surface area contributed by atoms with Crippen molar-refractivity contribution < 1.29 is 22.7 Å². The van der Waals surface area contributed by atoms with Gasteiger partial charge in [-0.2, -0.15) is 18.4 Å². The van der Waals surface area contributed by atoms with E-state index >= 15 is 0 Å². The van der Waals surface area contributed by atoms with Crippen LogP contribution in [0.4, 0.5) is 18.9 Å². The number of amides is 1. The molecule has 0 saturated carbocycles. The van der Waals surface area contributed by atoms with E-state index in [1.165, 1.54) is 12.1 Å². The van der Waals surface area contributed by atoms with Crippen LogP contribution in [0.2, 0.25) is 0 Å². The van der Waals surface area contributed by atoms with Gasteiger partial charge in [-0.1, -0.05) is 12.1 Å². The number of ether oxygens (including phenoxy) is 1. The van der Waals surface area contributed by atoms with Gasteiger partial charge in [0.1, 0.15) is 5.75 Å². The van der Waals surface area contributed by atoms with Crippen LogP contribution in [-0.2, 0) is 17.5 Å². The average Bonchev–Trinajstić information content (AvgIpc) is 2.77. The van der Waals surface area contributed by atoms with Crippen molar-refractivity contribution in [3.05, 3.63) is 59.2 Å². The zero-order valence-corrected chi connectivity index (χ0v) is 16.5. The molecule has 1 aliphatic rings. The molecule has 1 amide bonds. The van der Waals surface area contributed by atoms with E-state index in [2.05, 4.69) is 5.32 Å². The average molecular weight is 417 g/mol. The Balaban J connectivity index is 1.56. The lowest BCUT2D eigenvalue weighted by Crippen LogP contribution is -2.40. The Hall–Kier alpha value is -3.21. The number of hydrogen-bond donors (Lipinski definition) is 1. The maximum Gasteiger partial charge on any atom is 0.417 e. The molecule has 3 rings (SSSR count). The van der Waals surface area contributed by atoms with Gasteiger partial charge in [-0.25, -0.2) is 0 Å². The van der Waals surface area contributed by atoms with Crippen LogP contribution in [-0.4, -0.2) is 26.1 Å². The lowest BCUT2D eigenvalue weighted by Gasteiger charge is -2.33. The van der Waals surface area contributed by atoms with E-state index in [1.807, 2.05) is 29.2 Å². The SMILES string of the molecule is COc1ccc(CNC(=O)C2CCN(c3ccc(C#N)c(C(F)(F)F)c3)CC2)cc1. The summed E-state index contributed by atoms with van der Waals surface area (Å²) in [4.78, 5) is 14.3. The van der Waals surface area contributed by atoms with E-state index in [0.717, 1.165) is 17.4 Å². The van der Waals surface area contributed by atoms with E-state index < -0.39 is 11.7 Å². The third-order valence-corrected chi connectivity index (χ3v) is 5.29. The summed E-state index contributed by atoms with van der Waals surface area (Å²) in [7, 11) is 1.59. The minimum atomic E-state index is -4.58. The third-order valence-electron chi connectivity index (χ3n) is 5.29. The summed E-state index contributed by atoms with van der Waals surface area (Å²) in [5, 5.41) is 11.8. The molecule has 1 aliphatic heterocycles. The lowest BCUT2D eigenvalue weighted by atomic mass is 9.95. The van der Waals surface area contributed by atoms with Gasteiger partial charge in [0.25, 0.3) is 0 Å². The van der Waals surface area contributed by atoms with Crippen LogP contribution in [0.15, 0.2) is 42.5 Å². The van der Waals surface area contributed by atoms with Crippen molar-refractivity contribution in [1.29, 1.82) is 5.26 Å². The van der Waals surface area contributed by atoms with Crippen LogP contribution in [0.1, 0.15) is 29.5 Å². The number of nitrogens with zero attached hydrogens (tertiary/aromatic N) is 2. The molecule has 2 aromatic carbocycles. The number of methoxy groups -OCH3 is 1. The van der Waals surface area contributed by atoms with E-state index in [4.69, 9.17) is 10.00 Å². The Morgan fingerprint density at radius 3 is 2.43 bits per heavy atom. The number of piperidine rings is 1. The molecule has 158 valence electrons. The standard InChI is InChI=1S/C22H22F3N3O2/c1-30-19-6-2-15(3-7-19)14-27-21(29)16-8-10-28(11-9-16)18-5-4-17(13-26)20(12-18)22(23,24)25/h2-7,12,16H,8-11,14H2,1H3,(H,27,29). The highest BCUT2D eigenvalue weighted by Crippen LogP contribution is 2.35. The maximum absolute atomic E-state index is 13.2. The summed E-state index contributed by atoms with van der Waals surface area (Å²) in [6, 6.07) is 12.7. The number of alkyl halides is 3. The molecule has 30 heavy (non-hydrogen) atoms. The molecular formula is C22H22F3N3O2. The summed E-state index contributed by atoms with van der Waals surface area (Å²) < 4.78 is 44.7. The molecule has 0 radical (unpaired) electrons. The predicted octanol–water partition coefficient (Wildman–Crippen LogP) is 4.12. The zero-order chi connectivity index (χ0) is 21.7. The normalized spacial score (nSPS) is 14.8. The fourth-order valence-corrected chi connectivity index (χ4v) is 3.54. The first-order chi connectivity index (χ1) is 14.3. The first-order valence-corrected chi connectivity index (χ1v) is 9.58. The van der Waals surface area contributed by atoms with Crippen molar-refractivity contribution in [2.75, 3.05) is 25.1 Å². The van der Waals surface area contributed by atoms with E-state index in [1.54, 1.807) is 13.2 Å². The van der Waals surface area contributed by atoms with Crippen molar-refractivity contribution in [1.82, 2.24) is 5.32 Å². The molecule has 8 heteroatoms. The number of nitriles is 1. The fourth-order valence-electron chi connectivity index (χ4n) is 3.54. The van der Waals surface area contributed by atoms with Crippen LogP contribution < -0.4 is 15.0 Å². The van der Waals surface area contributed by atoms with Crippen molar-refractivity contribution >= 4 is 11.6 Å². The number of anilines is 1. The van der Waals surface area contributed by atoms with Crippen molar-refractivity contribution in [3.63, 3.8) is 0 Å². The molecule has 2 aromatic rings. The minimum absolute atomic E-state index is 0.0544. The number of carbonyl (C=O) groups is 1. The second kappa shape index (κ2) is 9.08. The number of nitrogens with one attached hydrogen (secondary N) is 1. The number of rotatable bonds is 5. The number of benzene rings is 2. The first kappa shape index (κ1) is 21.5. The van der Waals surface area contributed by atoms with Gasteiger partial charge in [0, 0.05) is 31.2 Å². The van der Waals surface area contributed by atoms with Crippen LogP contribution in [0.3, 0.4) is 0 Å². The highest BCUT2D eigenvalue weighted by atomic mass is 19.4. The summed E-state index contributed by atoms with van der Waals surface area (Å²) in [6.07, 6.45) is -3.48. The van der Waals surface area contributed by atoms with Gasteiger partial charge >= 0.3 is 6.18 Å². The summed E-state index contributed by atoms with van der Waals surface area (Å²) in [6.45, 7) is 1.36. The molecule has 0 atom stereocenters. The number of hydrogen-bond acceptors (Lipinski definition) is 4. The summed E-state index contributed by atoms with van der Waals surface area (Å²) in [5.74, 6) is 0.509. The van der Waals surface area contributed by atoms with Gasteiger partial charge < -0.3 is 15.0 Å². The van der Waals surface area contributed by atoms with Gasteiger partial charge in [-0.3, -0.25) is 4.79 Å². The Labute approximate surface area is 173 Å². The zero-order valence-electron chi connectivity index (χ0n) is 16.5.